The molecule has 0 bridgehead atoms. The molecule has 3 N–H and O–H groups in total. The van der Waals surface area contributed by atoms with Gasteiger partial charge in [0, 0.05) is 19.5 Å². The van der Waals surface area contributed by atoms with Gasteiger partial charge < -0.3 is 15.8 Å². The monoisotopic (exact) mass is 283 g/mol. The molecule has 5 nitrogen and oxygen atoms in total. The van der Waals surface area contributed by atoms with Crippen LogP contribution in [0.3, 0.4) is 0 Å². The molecule has 0 aromatic heterocycles. The zero-order valence-electron chi connectivity index (χ0n) is 11.1. The van der Waals surface area contributed by atoms with Gasteiger partial charge in [-0.25, -0.2) is 0 Å². The van der Waals surface area contributed by atoms with Crippen molar-refractivity contribution in [2.24, 2.45) is 10.9 Å². The first-order valence-corrected chi connectivity index (χ1v) is 6.39. The van der Waals surface area contributed by atoms with Crippen LogP contribution in [0.4, 0.5) is 0 Å². The van der Waals surface area contributed by atoms with Gasteiger partial charge in [0.25, 0.3) is 5.91 Å². The maximum atomic E-state index is 12.3. The van der Waals surface area contributed by atoms with E-state index in [0.29, 0.717) is 30.1 Å². The molecule has 0 spiro atoms. The Kier molecular flexibility index (Phi) is 5.63. The third-order valence-corrected chi connectivity index (χ3v) is 3.10. The molecule has 0 saturated heterocycles. The fourth-order valence-electron chi connectivity index (χ4n) is 1.67. The molecule has 0 heterocycles. The van der Waals surface area contributed by atoms with Gasteiger partial charge >= 0.3 is 0 Å². The van der Waals surface area contributed by atoms with Crippen LogP contribution in [0.1, 0.15) is 29.3 Å². The van der Waals surface area contributed by atoms with Crippen LogP contribution in [0.5, 0.6) is 0 Å². The third kappa shape index (κ3) is 4.13. The summed E-state index contributed by atoms with van der Waals surface area (Å²) in [5, 5.41) is 11.8. The van der Waals surface area contributed by atoms with Gasteiger partial charge in [0.05, 0.1) is 10.6 Å². The van der Waals surface area contributed by atoms with Crippen LogP contribution in [0, 0.1) is 6.92 Å². The summed E-state index contributed by atoms with van der Waals surface area (Å²) in [4.78, 5) is 13.9. The first kappa shape index (κ1) is 15.3. The number of oxime groups is 1. The fourth-order valence-corrected chi connectivity index (χ4v) is 1.98. The van der Waals surface area contributed by atoms with Gasteiger partial charge in [-0.2, -0.15) is 0 Å². The number of halogens is 1. The van der Waals surface area contributed by atoms with E-state index in [4.69, 9.17) is 22.5 Å². The Morgan fingerprint density at radius 3 is 2.74 bits per heavy atom. The number of rotatable bonds is 5. The van der Waals surface area contributed by atoms with E-state index < -0.39 is 0 Å². The molecule has 0 atom stereocenters. The Bertz CT molecular complexity index is 489. The normalized spacial score (nSPS) is 11.4. The molecule has 0 unspecified atom stereocenters. The van der Waals surface area contributed by atoms with E-state index in [9.17, 15) is 4.79 Å². The first-order chi connectivity index (χ1) is 8.99. The number of benzene rings is 1. The van der Waals surface area contributed by atoms with Crippen molar-refractivity contribution in [1.82, 2.24) is 4.90 Å². The van der Waals surface area contributed by atoms with Gasteiger partial charge in [0.15, 0.2) is 0 Å². The Hall–Kier alpha value is -1.75. The summed E-state index contributed by atoms with van der Waals surface area (Å²) >= 11 is 6.08. The maximum absolute atomic E-state index is 12.3. The quantitative estimate of drug-likeness (QED) is 0.376. The lowest BCUT2D eigenvalue weighted by Crippen LogP contribution is -2.34. The molecule has 0 radical (unpaired) electrons. The third-order valence-electron chi connectivity index (χ3n) is 2.79. The molecule has 1 aromatic carbocycles. The molecular weight excluding hydrogens is 266 g/mol. The summed E-state index contributed by atoms with van der Waals surface area (Å²) in [6.45, 7) is 4.69. The Labute approximate surface area is 117 Å². The summed E-state index contributed by atoms with van der Waals surface area (Å²) in [6.07, 6.45) is 0.319. The van der Waals surface area contributed by atoms with E-state index in [1.54, 1.807) is 17.0 Å². The molecule has 0 aliphatic heterocycles. The second kappa shape index (κ2) is 6.99. The van der Waals surface area contributed by atoms with Gasteiger partial charge in [-0.05, 0) is 31.5 Å². The summed E-state index contributed by atoms with van der Waals surface area (Å²) in [5.41, 5.74) is 6.87. The number of hydrogen-bond acceptors (Lipinski definition) is 3. The minimum atomic E-state index is -0.154. The number of nitrogens with zero attached hydrogens (tertiary/aromatic N) is 2. The molecule has 104 valence electrons. The van der Waals surface area contributed by atoms with Crippen molar-refractivity contribution < 1.29 is 10.0 Å². The minimum absolute atomic E-state index is 0.0984. The van der Waals surface area contributed by atoms with E-state index in [-0.39, 0.29) is 11.7 Å². The zero-order chi connectivity index (χ0) is 14.4. The number of hydrogen-bond donors (Lipinski definition) is 2. The first-order valence-electron chi connectivity index (χ1n) is 6.01. The predicted molar refractivity (Wildman–Crippen MR) is 75.8 cm³/mol. The number of carbonyl (C=O) groups is 1. The summed E-state index contributed by atoms with van der Waals surface area (Å²) in [6, 6.07) is 5.31. The van der Waals surface area contributed by atoms with Gasteiger partial charge in [-0.1, -0.05) is 22.8 Å². The Morgan fingerprint density at radius 1 is 1.53 bits per heavy atom. The van der Waals surface area contributed by atoms with E-state index in [1.807, 2.05) is 19.9 Å². The minimum Gasteiger partial charge on any atom is -0.409 e. The summed E-state index contributed by atoms with van der Waals surface area (Å²) in [7, 11) is 0. The van der Waals surface area contributed by atoms with Gasteiger partial charge in [0.2, 0.25) is 0 Å². The average molecular weight is 284 g/mol. The predicted octanol–water partition coefficient (Wildman–Crippen LogP) is 2.25. The standard InChI is InChI=1S/C13H18ClN3O2/c1-3-17(7-6-12(15)16-19)13(18)10-5-4-9(2)8-11(10)14/h4-5,8,19H,3,6-7H2,1-2H3,(H2,15,16). The molecule has 0 aliphatic carbocycles. The SMILES string of the molecule is CCN(CC/C(N)=N/O)C(=O)c1ccc(C)cc1Cl. The van der Waals surface area contributed by atoms with E-state index >= 15 is 0 Å². The van der Waals surface area contributed by atoms with Gasteiger partial charge in [0.1, 0.15) is 5.84 Å². The van der Waals surface area contributed by atoms with Crippen LogP contribution in [0.25, 0.3) is 0 Å². The molecule has 1 rings (SSSR count). The molecule has 1 aromatic rings. The lowest BCUT2D eigenvalue weighted by atomic mass is 10.1. The Morgan fingerprint density at radius 2 is 2.21 bits per heavy atom. The van der Waals surface area contributed by atoms with E-state index in [2.05, 4.69) is 5.16 Å². The highest BCUT2D eigenvalue weighted by Gasteiger charge is 2.17. The van der Waals surface area contributed by atoms with Crippen LogP contribution in [0.2, 0.25) is 5.02 Å². The van der Waals surface area contributed by atoms with Crippen molar-refractivity contribution in [2.75, 3.05) is 13.1 Å². The molecule has 0 fully saturated rings. The van der Waals surface area contributed by atoms with Crippen LogP contribution < -0.4 is 5.73 Å². The summed E-state index contributed by atoms with van der Waals surface area (Å²) in [5.74, 6) is -0.0560. The lowest BCUT2D eigenvalue weighted by molar-refractivity contribution is 0.0768. The van der Waals surface area contributed by atoms with Crippen LogP contribution >= 0.6 is 11.6 Å². The topological polar surface area (TPSA) is 78.9 Å². The lowest BCUT2D eigenvalue weighted by Gasteiger charge is -2.21. The van der Waals surface area contributed by atoms with Gasteiger partial charge in [-0.3, -0.25) is 4.79 Å². The zero-order valence-corrected chi connectivity index (χ0v) is 11.8. The molecule has 6 heteroatoms. The van der Waals surface area contributed by atoms with Crippen LogP contribution in [-0.2, 0) is 0 Å². The molecule has 19 heavy (non-hydrogen) atoms. The summed E-state index contributed by atoms with van der Waals surface area (Å²) < 4.78 is 0. The van der Waals surface area contributed by atoms with Crippen LogP contribution in [0.15, 0.2) is 23.4 Å². The number of carbonyl (C=O) groups excluding carboxylic acids is 1. The van der Waals surface area contributed by atoms with Gasteiger partial charge in [-0.15, -0.1) is 0 Å². The Balaban J connectivity index is 2.83. The van der Waals surface area contributed by atoms with Crippen molar-refractivity contribution in [3.63, 3.8) is 0 Å². The number of aryl methyl sites for hydroxylation is 1. The highest BCUT2D eigenvalue weighted by atomic mass is 35.5. The van der Waals surface area contributed by atoms with Crippen molar-refractivity contribution in [1.29, 1.82) is 0 Å². The van der Waals surface area contributed by atoms with E-state index in [0.717, 1.165) is 5.56 Å². The van der Waals surface area contributed by atoms with Crippen molar-refractivity contribution in [3.05, 3.63) is 34.3 Å². The maximum Gasteiger partial charge on any atom is 0.255 e. The molecule has 0 aliphatic rings. The fraction of sp³-hybridized carbons (Fsp3) is 0.385. The van der Waals surface area contributed by atoms with Crippen molar-refractivity contribution in [2.45, 2.75) is 20.3 Å². The van der Waals surface area contributed by atoms with Crippen molar-refractivity contribution >= 4 is 23.3 Å². The highest BCUT2D eigenvalue weighted by Crippen LogP contribution is 2.19. The number of amidine groups is 1. The largest absolute Gasteiger partial charge is 0.409 e. The van der Waals surface area contributed by atoms with E-state index in [1.165, 1.54) is 0 Å². The molecular formula is C13H18ClN3O2. The highest BCUT2D eigenvalue weighted by molar-refractivity contribution is 6.33. The van der Waals surface area contributed by atoms with Crippen LogP contribution in [-0.4, -0.2) is 34.9 Å². The van der Waals surface area contributed by atoms with Crippen molar-refractivity contribution in [3.8, 4) is 0 Å². The number of nitrogens with two attached hydrogens (primary N) is 1. The second-order valence-electron chi connectivity index (χ2n) is 4.21. The average Bonchev–Trinajstić information content (AvgIpc) is 2.38. The smallest absolute Gasteiger partial charge is 0.255 e. The molecule has 1 amide bonds. The second-order valence-corrected chi connectivity index (χ2v) is 4.62. The number of amides is 1. The molecule has 0 saturated carbocycles.